The summed E-state index contributed by atoms with van der Waals surface area (Å²) in [5.74, 6) is 0. The van der Waals surface area contributed by atoms with E-state index in [0.717, 1.165) is 17.0 Å². The van der Waals surface area contributed by atoms with Crippen LogP contribution in [0.3, 0.4) is 0 Å². The van der Waals surface area contributed by atoms with Crippen LogP contribution < -0.4 is 10.2 Å². The summed E-state index contributed by atoms with van der Waals surface area (Å²) in [6, 6.07) is 5.73. The summed E-state index contributed by atoms with van der Waals surface area (Å²) in [6.45, 7) is 3.28. The molecule has 110 valence electrons. The predicted octanol–water partition coefficient (Wildman–Crippen LogP) is 3.42. The third-order valence-electron chi connectivity index (χ3n) is 3.14. The minimum atomic E-state index is -4.50. The Morgan fingerprint density at radius 1 is 1.33 bits per heavy atom. The van der Waals surface area contributed by atoms with Crippen molar-refractivity contribution >= 4 is 11.7 Å². The molecule has 2 rings (SSSR count). The molecule has 0 atom stereocenters. The van der Waals surface area contributed by atoms with E-state index in [0.29, 0.717) is 0 Å². The molecule has 0 radical (unpaired) electrons. The third-order valence-corrected chi connectivity index (χ3v) is 3.14. The molecule has 21 heavy (non-hydrogen) atoms. The van der Waals surface area contributed by atoms with Crippen molar-refractivity contribution in [3.8, 4) is 6.07 Å². The first-order valence-corrected chi connectivity index (χ1v) is 6.06. The highest BCUT2D eigenvalue weighted by atomic mass is 19.4. The summed E-state index contributed by atoms with van der Waals surface area (Å²) in [5, 5.41) is 11.7. The van der Waals surface area contributed by atoms with Gasteiger partial charge in [0, 0.05) is 6.20 Å². The SMILES string of the molecule is CC1(C)NC(=O)N(c2cccc(C(F)(F)F)c2)C=C1C#N. The van der Waals surface area contributed by atoms with Crippen LogP contribution in [0.25, 0.3) is 0 Å². The van der Waals surface area contributed by atoms with Crippen LogP contribution in [0.4, 0.5) is 23.7 Å². The smallest absolute Gasteiger partial charge is 0.328 e. The predicted molar refractivity (Wildman–Crippen MR) is 70.2 cm³/mol. The molecule has 1 N–H and O–H groups in total. The fraction of sp³-hybridized carbons (Fsp3) is 0.286. The first-order chi connectivity index (χ1) is 9.65. The Hall–Kier alpha value is -2.49. The number of anilines is 1. The second kappa shape index (κ2) is 4.81. The molecule has 1 aliphatic heterocycles. The van der Waals surface area contributed by atoms with Gasteiger partial charge in [-0.2, -0.15) is 18.4 Å². The minimum Gasteiger partial charge on any atom is -0.328 e. The molecule has 1 heterocycles. The highest BCUT2D eigenvalue weighted by Crippen LogP contribution is 2.33. The molecule has 0 saturated carbocycles. The normalized spacial score (nSPS) is 17.8. The molecule has 0 aromatic heterocycles. The van der Waals surface area contributed by atoms with Gasteiger partial charge in [0.25, 0.3) is 0 Å². The van der Waals surface area contributed by atoms with E-state index in [-0.39, 0.29) is 11.3 Å². The van der Waals surface area contributed by atoms with Crippen molar-refractivity contribution in [1.82, 2.24) is 5.32 Å². The quantitative estimate of drug-likeness (QED) is 0.863. The number of nitrogens with zero attached hydrogens (tertiary/aromatic N) is 2. The Morgan fingerprint density at radius 3 is 2.57 bits per heavy atom. The van der Waals surface area contributed by atoms with Crippen LogP contribution >= 0.6 is 0 Å². The van der Waals surface area contributed by atoms with Gasteiger partial charge in [-0.15, -0.1) is 0 Å². The Bertz CT molecular complexity index is 656. The summed E-state index contributed by atoms with van der Waals surface area (Å²) in [4.78, 5) is 13.0. The van der Waals surface area contributed by atoms with Gasteiger partial charge in [0.2, 0.25) is 0 Å². The average Bonchev–Trinajstić information content (AvgIpc) is 2.37. The molecule has 1 aliphatic rings. The van der Waals surface area contributed by atoms with Gasteiger partial charge in [0.1, 0.15) is 0 Å². The fourth-order valence-electron chi connectivity index (χ4n) is 1.94. The van der Waals surface area contributed by atoms with Crippen molar-refractivity contribution in [2.24, 2.45) is 0 Å². The summed E-state index contributed by atoms with van der Waals surface area (Å²) in [7, 11) is 0. The van der Waals surface area contributed by atoms with Gasteiger partial charge in [-0.05, 0) is 32.0 Å². The summed E-state index contributed by atoms with van der Waals surface area (Å²) in [6.07, 6.45) is -3.24. The number of benzene rings is 1. The van der Waals surface area contributed by atoms with E-state index in [1.165, 1.54) is 18.3 Å². The number of halogens is 3. The van der Waals surface area contributed by atoms with Crippen LogP contribution in [0.1, 0.15) is 19.4 Å². The third kappa shape index (κ3) is 2.84. The van der Waals surface area contributed by atoms with Gasteiger partial charge >= 0.3 is 12.2 Å². The van der Waals surface area contributed by atoms with Crippen LogP contribution in [-0.2, 0) is 6.18 Å². The van der Waals surface area contributed by atoms with E-state index < -0.39 is 23.3 Å². The standard InChI is InChI=1S/C14H12F3N3O/c1-13(2)10(7-18)8-20(12(21)19-13)11-5-3-4-9(6-11)14(15,16)17/h3-6,8H,1-2H3,(H,19,21). The highest BCUT2D eigenvalue weighted by Gasteiger charge is 2.35. The molecular formula is C14H12F3N3O. The Kier molecular flexibility index (Phi) is 3.41. The molecule has 0 spiro atoms. The van der Waals surface area contributed by atoms with Crippen LogP contribution in [0.5, 0.6) is 0 Å². The zero-order valence-corrected chi connectivity index (χ0v) is 11.3. The molecule has 0 saturated heterocycles. The van der Waals surface area contributed by atoms with Crippen molar-refractivity contribution in [2.45, 2.75) is 25.6 Å². The molecule has 1 aromatic carbocycles. The van der Waals surface area contributed by atoms with Crippen LogP contribution in [0, 0.1) is 11.3 Å². The summed E-state index contributed by atoms with van der Waals surface area (Å²) < 4.78 is 38.1. The molecular weight excluding hydrogens is 283 g/mol. The molecule has 0 unspecified atom stereocenters. The second-order valence-electron chi connectivity index (χ2n) is 5.13. The van der Waals surface area contributed by atoms with Gasteiger partial charge < -0.3 is 5.32 Å². The van der Waals surface area contributed by atoms with E-state index >= 15 is 0 Å². The lowest BCUT2D eigenvalue weighted by atomic mass is 9.94. The lowest BCUT2D eigenvalue weighted by Gasteiger charge is -2.34. The van der Waals surface area contributed by atoms with E-state index in [2.05, 4.69) is 5.32 Å². The van der Waals surface area contributed by atoms with Gasteiger partial charge in [0.15, 0.2) is 0 Å². The topological polar surface area (TPSA) is 56.1 Å². The van der Waals surface area contributed by atoms with Gasteiger partial charge in [-0.25, -0.2) is 4.79 Å². The average molecular weight is 295 g/mol. The maximum Gasteiger partial charge on any atom is 0.416 e. The number of nitriles is 1. The summed E-state index contributed by atoms with van der Waals surface area (Å²) in [5.41, 5.74) is -1.42. The van der Waals surface area contributed by atoms with Crippen molar-refractivity contribution in [3.63, 3.8) is 0 Å². The van der Waals surface area contributed by atoms with Crippen molar-refractivity contribution in [3.05, 3.63) is 41.6 Å². The van der Waals surface area contributed by atoms with Gasteiger partial charge in [-0.1, -0.05) is 6.07 Å². The number of alkyl halides is 3. The number of carbonyl (C=O) groups excluding carboxylic acids is 1. The zero-order chi connectivity index (χ0) is 15.8. The highest BCUT2D eigenvalue weighted by molar-refractivity contribution is 5.96. The number of nitrogens with one attached hydrogen (secondary N) is 1. The number of hydrogen-bond donors (Lipinski definition) is 1. The van der Waals surface area contributed by atoms with Crippen LogP contribution in [0.15, 0.2) is 36.0 Å². The lowest BCUT2D eigenvalue weighted by Crippen LogP contribution is -2.54. The molecule has 7 heteroatoms. The van der Waals surface area contributed by atoms with Crippen LogP contribution in [-0.4, -0.2) is 11.6 Å². The zero-order valence-electron chi connectivity index (χ0n) is 11.3. The molecule has 1 aromatic rings. The molecule has 0 fully saturated rings. The number of rotatable bonds is 1. The minimum absolute atomic E-state index is 0.0468. The van der Waals surface area contributed by atoms with Crippen molar-refractivity contribution in [2.75, 3.05) is 4.90 Å². The van der Waals surface area contributed by atoms with Gasteiger partial charge in [-0.3, -0.25) is 4.90 Å². The Morgan fingerprint density at radius 2 is 2.00 bits per heavy atom. The monoisotopic (exact) mass is 295 g/mol. The number of amides is 2. The molecule has 4 nitrogen and oxygen atoms in total. The Balaban J connectivity index is 2.48. The van der Waals surface area contributed by atoms with Gasteiger partial charge in [0.05, 0.1) is 28.4 Å². The van der Waals surface area contributed by atoms with E-state index in [1.807, 2.05) is 6.07 Å². The first-order valence-electron chi connectivity index (χ1n) is 6.06. The summed E-state index contributed by atoms with van der Waals surface area (Å²) >= 11 is 0. The second-order valence-corrected chi connectivity index (χ2v) is 5.13. The van der Waals surface area contributed by atoms with Crippen molar-refractivity contribution in [1.29, 1.82) is 5.26 Å². The van der Waals surface area contributed by atoms with Crippen molar-refractivity contribution < 1.29 is 18.0 Å². The van der Waals surface area contributed by atoms with E-state index in [1.54, 1.807) is 13.8 Å². The van der Waals surface area contributed by atoms with E-state index in [4.69, 9.17) is 5.26 Å². The largest absolute Gasteiger partial charge is 0.416 e. The maximum atomic E-state index is 12.7. The maximum absolute atomic E-state index is 12.7. The number of urea groups is 1. The first kappa shape index (κ1) is 14.9. The molecule has 0 aliphatic carbocycles. The number of carbonyl (C=O) groups is 1. The molecule has 2 amide bonds. The van der Waals surface area contributed by atoms with Crippen LogP contribution in [0.2, 0.25) is 0 Å². The Labute approximate surface area is 119 Å². The fourth-order valence-corrected chi connectivity index (χ4v) is 1.94. The van der Waals surface area contributed by atoms with E-state index in [9.17, 15) is 18.0 Å². The number of hydrogen-bond acceptors (Lipinski definition) is 2. The molecule has 0 bridgehead atoms. The lowest BCUT2D eigenvalue weighted by molar-refractivity contribution is -0.137.